The summed E-state index contributed by atoms with van der Waals surface area (Å²) in [6.07, 6.45) is 0. The Morgan fingerprint density at radius 3 is 1.60 bits per heavy atom. The molecule has 0 aliphatic heterocycles. The van der Waals surface area contributed by atoms with Crippen molar-refractivity contribution in [2.45, 2.75) is 0 Å². The molecule has 0 radical (unpaired) electrons. The van der Waals surface area contributed by atoms with Crippen LogP contribution in [0.1, 0.15) is 0 Å². The summed E-state index contributed by atoms with van der Waals surface area (Å²) in [6, 6.07) is 73.0. The summed E-state index contributed by atoms with van der Waals surface area (Å²) >= 11 is 0. The highest BCUT2D eigenvalue weighted by atomic mass is 16.3. The minimum Gasteiger partial charge on any atom is -0.456 e. The van der Waals surface area contributed by atoms with E-state index in [0.29, 0.717) is 5.82 Å². The van der Waals surface area contributed by atoms with Crippen LogP contribution in [0.4, 0.5) is 0 Å². The van der Waals surface area contributed by atoms with Crippen molar-refractivity contribution in [2.24, 2.45) is 0 Å². The standard InChI is InChI=1S/C54H34N2O/c1-3-13-37(14-4-1)50-34-51(56-54(55-50)38-15-5-2-6-16-38)43-30-41(29-42(31-43)39-27-28-53-49(32-39)47-21-11-12-22-52(47)57-53)35-23-25-36(26-24-35)48-33-40-17-7-8-18-44(40)45-19-9-10-20-46(45)48/h1-34H. The van der Waals surface area contributed by atoms with Crippen molar-refractivity contribution in [3.63, 3.8) is 0 Å². The second-order valence-electron chi connectivity index (χ2n) is 14.6. The minimum atomic E-state index is 0.692. The number of benzene rings is 9. The molecule has 0 bridgehead atoms. The number of hydrogen-bond acceptors (Lipinski definition) is 3. The molecule has 0 aliphatic carbocycles. The Balaban J connectivity index is 1.09. The summed E-state index contributed by atoms with van der Waals surface area (Å²) in [5.41, 5.74) is 13.4. The van der Waals surface area contributed by atoms with Crippen molar-refractivity contribution in [2.75, 3.05) is 0 Å². The third kappa shape index (κ3) is 5.94. The zero-order valence-electron chi connectivity index (χ0n) is 30.9. The van der Waals surface area contributed by atoms with E-state index < -0.39 is 0 Å². The number of para-hydroxylation sites is 1. The number of nitrogens with zero attached hydrogens (tertiary/aromatic N) is 2. The van der Waals surface area contributed by atoms with Crippen LogP contribution in [0, 0.1) is 0 Å². The van der Waals surface area contributed by atoms with Crippen LogP contribution in [0.25, 0.3) is 111 Å². The van der Waals surface area contributed by atoms with E-state index in [-0.39, 0.29) is 0 Å². The molecule has 0 amide bonds. The van der Waals surface area contributed by atoms with Crippen LogP contribution in [0.15, 0.2) is 211 Å². The first-order valence-electron chi connectivity index (χ1n) is 19.3. The van der Waals surface area contributed by atoms with Crippen LogP contribution < -0.4 is 0 Å². The van der Waals surface area contributed by atoms with Crippen molar-refractivity contribution in [1.29, 1.82) is 0 Å². The molecule has 0 saturated carbocycles. The fourth-order valence-corrected chi connectivity index (χ4v) is 8.22. The maximum atomic E-state index is 6.22. The van der Waals surface area contributed by atoms with E-state index in [1.54, 1.807) is 0 Å². The summed E-state index contributed by atoms with van der Waals surface area (Å²) in [4.78, 5) is 10.3. The van der Waals surface area contributed by atoms with Gasteiger partial charge in [-0.05, 0) is 103 Å². The van der Waals surface area contributed by atoms with Gasteiger partial charge in [-0.25, -0.2) is 9.97 Å². The molecule has 3 nitrogen and oxygen atoms in total. The molecule has 0 unspecified atom stereocenters. The number of hydrogen-bond donors (Lipinski definition) is 0. The number of fused-ring (bicyclic) bond motifs is 6. The molecule has 11 rings (SSSR count). The lowest BCUT2D eigenvalue weighted by Crippen LogP contribution is -1.96. The quantitative estimate of drug-likeness (QED) is 0.160. The third-order valence-electron chi connectivity index (χ3n) is 11.1. The molecule has 0 aliphatic rings. The maximum absolute atomic E-state index is 6.22. The van der Waals surface area contributed by atoms with Crippen LogP contribution in [-0.2, 0) is 0 Å². The van der Waals surface area contributed by atoms with Crippen molar-refractivity contribution in [3.8, 4) is 67.3 Å². The molecule has 0 fully saturated rings. The molecule has 9 aromatic carbocycles. The Labute approximate surface area is 330 Å². The van der Waals surface area contributed by atoms with Gasteiger partial charge in [0.05, 0.1) is 11.4 Å². The van der Waals surface area contributed by atoms with Crippen molar-refractivity contribution < 1.29 is 4.42 Å². The second kappa shape index (κ2) is 13.6. The van der Waals surface area contributed by atoms with Crippen molar-refractivity contribution in [3.05, 3.63) is 206 Å². The first-order chi connectivity index (χ1) is 28.2. The first-order valence-corrected chi connectivity index (χ1v) is 19.3. The zero-order chi connectivity index (χ0) is 37.7. The Kier molecular flexibility index (Phi) is 7.82. The molecule has 0 N–H and O–H groups in total. The highest BCUT2D eigenvalue weighted by Gasteiger charge is 2.16. The minimum absolute atomic E-state index is 0.692. The van der Waals surface area contributed by atoms with Gasteiger partial charge in [0.1, 0.15) is 11.2 Å². The lowest BCUT2D eigenvalue weighted by atomic mass is 9.91. The monoisotopic (exact) mass is 726 g/mol. The van der Waals surface area contributed by atoms with Crippen LogP contribution in [-0.4, -0.2) is 9.97 Å². The third-order valence-corrected chi connectivity index (χ3v) is 11.1. The van der Waals surface area contributed by atoms with E-state index in [9.17, 15) is 0 Å². The van der Waals surface area contributed by atoms with Crippen LogP contribution in [0.3, 0.4) is 0 Å². The average molecular weight is 727 g/mol. The number of furan rings is 1. The average Bonchev–Trinajstić information content (AvgIpc) is 3.67. The SMILES string of the molecule is c1ccc(-c2cc(-c3cc(-c4ccc(-c5cc6ccccc6c6ccccc56)cc4)cc(-c4ccc5oc6ccccc6c5c4)c3)nc(-c3ccccc3)n2)cc1. The highest BCUT2D eigenvalue weighted by molar-refractivity contribution is 6.14. The molecule has 0 saturated heterocycles. The van der Waals surface area contributed by atoms with Gasteiger partial charge in [-0.2, -0.15) is 0 Å². The maximum Gasteiger partial charge on any atom is 0.160 e. The summed E-state index contributed by atoms with van der Waals surface area (Å²) < 4.78 is 6.22. The van der Waals surface area contributed by atoms with Gasteiger partial charge in [0.25, 0.3) is 0 Å². The highest BCUT2D eigenvalue weighted by Crippen LogP contribution is 2.39. The molecule has 3 heteroatoms. The van der Waals surface area contributed by atoms with E-state index in [1.807, 2.05) is 36.4 Å². The number of aromatic nitrogens is 2. The van der Waals surface area contributed by atoms with Gasteiger partial charge in [0.2, 0.25) is 0 Å². The lowest BCUT2D eigenvalue weighted by molar-refractivity contribution is 0.669. The van der Waals surface area contributed by atoms with E-state index >= 15 is 0 Å². The van der Waals surface area contributed by atoms with E-state index in [0.717, 1.165) is 72.3 Å². The van der Waals surface area contributed by atoms with Crippen LogP contribution in [0.5, 0.6) is 0 Å². The topological polar surface area (TPSA) is 38.9 Å². The molecular weight excluding hydrogens is 693 g/mol. The molecular formula is C54H34N2O. The molecule has 2 aromatic heterocycles. The zero-order valence-corrected chi connectivity index (χ0v) is 30.9. The number of rotatable bonds is 6. The van der Waals surface area contributed by atoms with Crippen molar-refractivity contribution in [1.82, 2.24) is 9.97 Å². The largest absolute Gasteiger partial charge is 0.456 e. The van der Waals surface area contributed by atoms with Gasteiger partial charge < -0.3 is 4.42 Å². The Morgan fingerprint density at radius 1 is 0.281 bits per heavy atom. The first kappa shape index (κ1) is 32.8. The normalized spacial score (nSPS) is 11.5. The van der Waals surface area contributed by atoms with E-state index in [4.69, 9.17) is 14.4 Å². The second-order valence-corrected chi connectivity index (χ2v) is 14.6. The Hall–Kier alpha value is -7.62. The fraction of sp³-hybridized carbons (Fsp3) is 0. The molecule has 11 aromatic rings. The van der Waals surface area contributed by atoms with Crippen LogP contribution in [0.2, 0.25) is 0 Å². The van der Waals surface area contributed by atoms with Gasteiger partial charge in [0.15, 0.2) is 5.82 Å². The predicted octanol–water partition coefficient (Wildman–Crippen LogP) is 14.7. The van der Waals surface area contributed by atoms with Gasteiger partial charge in [-0.3, -0.25) is 0 Å². The molecule has 57 heavy (non-hydrogen) atoms. The molecule has 0 atom stereocenters. The lowest BCUT2D eigenvalue weighted by Gasteiger charge is -2.14. The molecule has 266 valence electrons. The van der Waals surface area contributed by atoms with Gasteiger partial charge in [0, 0.05) is 27.5 Å². The Morgan fingerprint density at radius 2 is 0.825 bits per heavy atom. The summed E-state index contributed by atoms with van der Waals surface area (Å²) in [7, 11) is 0. The van der Waals surface area contributed by atoms with Gasteiger partial charge in [-0.15, -0.1) is 0 Å². The van der Waals surface area contributed by atoms with E-state index in [1.165, 1.54) is 32.7 Å². The summed E-state index contributed by atoms with van der Waals surface area (Å²) in [5.74, 6) is 0.692. The Bertz CT molecular complexity index is 3220. The van der Waals surface area contributed by atoms with E-state index in [2.05, 4.69) is 170 Å². The molecule has 2 heterocycles. The summed E-state index contributed by atoms with van der Waals surface area (Å²) in [5, 5.41) is 7.24. The molecule has 0 spiro atoms. The van der Waals surface area contributed by atoms with Crippen LogP contribution >= 0.6 is 0 Å². The fourth-order valence-electron chi connectivity index (χ4n) is 8.22. The van der Waals surface area contributed by atoms with Gasteiger partial charge >= 0.3 is 0 Å². The summed E-state index contributed by atoms with van der Waals surface area (Å²) in [6.45, 7) is 0. The van der Waals surface area contributed by atoms with Crippen molar-refractivity contribution >= 4 is 43.5 Å². The predicted molar refractivity (Wildman–Crippen MR) is 237 cm³/mol. The van der Waals surface area contributed by atoms with Gasteiger partial charge in [-0.1, -0.05) is 158 Å². The smallest absolute Gasteiger partial charge is 0.160 e.